The molecule has 3 rings (SSSR count). The lowest BCUT2D eigenvalue weighted by Gasteiger charge is -2.13. The Morgan fingerprint density at radius 2 is 2.11 bits per heavy atom. The van der Waals surface area contributed by atoms with Crippen LogP contribution in [-0.2, 0) is 17.5 Å². The molecule has 0 saturated heterocycles. The molecule has 0 fully saturated rings. The van der Waals surface area contributed by atoms with Crippen molar-refractivity contribution in [3.8, 4) is 5.75 Å². The molecule has 0 aliphatic carbocycles. The summed E-state index contributed by atoms with van der Waals surface area (Å²) in [6, 6.07) is 8.52. The fraction of sp³-hybridized carbons (Fsp3) is 0.158. The quantitative estimate of drug-likeness (QED) is 0.722. The average molecular weight is 375 g/mol. The van der Waals surface area contributed by atoms with Crippen molar-refractivity contribution in [1.82, 2.24) is 9.55 Å². The van der Waals surface area contributed by atoms with Crippen LogP contribution in [0.4, 0.5) is 18.9 Å². The molecule has 1 heterocycles. The molecule has 0 radical (unpaired) electrons. The van der Waals surface area contributed by atoms with E-state index in [2.05, 4.69) is 16.9 Å². The van der Waals surface area contributed by atoms with E-state index in [0.717, 1.165) is 23.2 Å². The number of hydrogen-bond acceptors (Lipinski definition) is 3. The molecular formula is C19H16F3N3O2. The highest BCUT2D eigenvalue weighted by Gasteiger charge is 2.31. The van der Waals surface area contributed by atoms with Gasteiger partial charge in [-0.05, 0) is 23.8 Å². The van der Waals surface area contributed by atoms with E-state index in [9.17, 15) is 18.0 Å². The van der Waals surface area contributed by atoms with Gasteiger partial charge in [0, 0.05) is 11.8 Å². The number of ether oxygens (including phenoxy) is 1. The van der Waals surface area contributed by atoms with Gasteiger partial charge in [-0.3, -0.25) is 4.79 Å². The number of aromatic nitrogens is 2. The maximum absolute atomic E-state index is 13.0. The molecule has 2 aromatic carbocycles. The first-order valence-electron chi connectivity index (χ1n) is 7.94. The number of alkyl halides is 3. The van der Waals surface area contributed by atoms with Crippen LogP contribution in [0, 0.1) is 0 Å². The van der Waals surface area contributed by atoms with Gasteiger partial charge in [-0.1, -0.05) is 24.8 Å². The highest BCUT2D eigenvalue weighted by molar-refractivity contribution is 5.93. The van der Waals surface area contributed by atoms with Gasteiger partial charge in [-0.15, -0.1) is 0 Å². The Kier molecular flexibility index (Phi) is 4.89. The summed E-state index contributed by atoms with van der Waals surface area (Å²) in [5, 5.41) is 2.48. The number of benzene rings is 2. The summed E-state index contributed by atoms with van der Waals surface area (Å²) >= 11 is 0. The second kappa shape index (κ2) is 7.14. The Labute approximate surface area is 153 Å². The molecule has 0 atom stereocenters. The molecule has 3 aromatic rings. The Hall–Kier alpha value is -3.29. The number of carbonyl (C=O) groups excluding carboxylic acids is 1. The lowest BCUT2D eigenvalue weighted by atomic mass is 10.1. The fourth-order valence-corrected chi connectivity index (χ4v) is 2.75. The summed E-state index contributed by atoms with van der Waals surface area (Å²) in [4.78, 5) is 16.6. The lowest BCUT2D eigenvalue weighted by molar-refractivity contribution is -0.137. The fourth-order valence-electron chi connectivity index (χ4n) is 2.75. The van der Waals surface area contributed by atoms with Gasteiger partial charge < -0.3 is 14.6 Å². The predicted octanol–water partition coefficient (Wildman–Crippen LogP) is 4.35. The minimum atomic E-state index is -4.55. The number of methoxy groups -OCH3 is 1. The average Bonchev–Trinajstić information content (AvgIpc) is 3.03. The number of para-hydroxylation sites is 1. The molecule has 1 amide bonds. The van der Waals surface area contributed by atoms with Gasteiger partial charge in [-0.2, -0.15) is 13.2 Å². The molecule has 0 bridgehead atoms. The van der Waals surface area contributed by atoms with Crippen molar-refractivity contribution in [3.05, 3.63) is 60.4 Å². The van der Waals surface area contributed by atoms with E-state index in [1.807, 2.05) is 12.1 Å². The van der Waals surface area contributed by atoms with E-state index >= 15 is 0 Å². The minimum Gasteiger partial charge on any atom is -0.497 e. The van der Waals surface area contributed by atoms with Gasteiger partial charge >= 0.3 is 6.18 Å². The molecule has 0 unspecified atom stereocenters. The van der Waals surface area contributed by atoms with E-state index in [-0.39, 0.29) is 18.0 Å². The third-order valence-corrected chi connectivity index (χ3v) is 3.96. The maximum atomic E-state index is 13.0. The van der Waals surface area contributed by atoms with Gasteiger partial charge in [0.15, 0.2) is 0 Å². The lowest BCUT2D eigenvalue weighted by Crippen LogP contribution is -2.19. The third kappa shape index (κ3) is 3.94. The molecule has 1 aromatic heterocycles. The number of halogens is 3. The molecule has 0 spiro atoms. The van der Waals surface area contributed by atoms with Gasteiger partial charge in [0.25, 0.3) is 0 Å². The number of nitrogens with one attached hydrogen (secondary N) is 1. The summed E-state index contributed by atoms with van der Waals surface area (Å²) in [6.45, 7) is 3.63. The number of anilines is 1. The largest absolute Gasteiger partial charge is 0.497 e. The van der Waals surface area contributed by atoms with Crippen LogP contribution in [-0.4, -0.2) is 22.6 Å². The van der Waals surface area contributed by atoms with Crippen LogP contribution in [0.25, 0.3) is 17.1 Å². The Bertz CT molecular complexity index is 1010. The maximum Gasteiger partial charge on any atom is 0.416 e. The number of imidazole rings is 1. The third-order valence-electron chi connectivity index (χ3n) is 3.96. The second-order valence-corrected chi connectivity index (χ2v) is 5.79. The summed E-state index contributed by atoms with van der Waals surface area (Å²) in [5.41, 5.74) is 1.32. The Balaban J connectivity index is 1.86. The smallest absolute Gasteiger partial charge is 0.416 e. The van der Waals surface area contributed by atoms with Crippen molar-refractivity contribution in [2.45, 2.75) is 12.7 Å². The van der Waals surface area contributed by atoms with E-state index in [0.29, 0.717) is 5.52 Å². The van der Waals surface area contributed by atoms with Crippen molar-refractivity contribution < 1.29 is 22.7 Å². The minimum absolute atomic E-state index is 0.0000371. The molecular weight excluding hydrogens is 359 g/mol. The van der Waals surface area contributed by atoms with Crippen LogP contribution in [0.2, 0.25) is 0 Å². The summed E-state index contributed by atoms with van der Waals surface area (Å²) in [7, 11) is 1.26. The van der Waals surface area contributed by atoms with Crippen LogP contribution < -0.4 is 10.1 Å². The Morgan fingerprint density at radius 1 is 1.33 bits per heavy atom. The monoisotopic (exact) mass is 375 g/mol. The number of fused-ring (bicyclic) bond motifs is 1. The van der Waals surface area contributed by atoms with Crippen molar-refractivity contribution >= 4 is 28.7 Å². The van der Waals surface area contributed by atoms with Gasteiger partial charge in [0.2, 0.25) is 5.91 Å². The summed E-state index contributed by atoms with van der Waals surface area (Å²) < 4.78 is 45.5. The first kappa shape index (κ1) is 18.5. The number of amides is 1. The highest BCUT2D eigenvalue weighted by atomic mass is 19.4. The van der Waals surface area contributed by atoms with Crippen molar-refractivity contribution in [1.29, 1.82) is 0 Å². The van der Waals surface area contributed by atoms with Crippen molar-refractivity contribution in [2.24, 2.45) is 0 Å². The molecule has 8 heteroatoms. The molecule has 27 heavy (non-hydrogen) atoms. The van der Waals surface area contributed by atoms with Crippen molar-refractivity contribution in [2.75, 3.05) is 12.4 Å². The highest BCUT2D eigenvalue weighted by Crippen LogP contribution is 2.34. The number of hydrogen-bond donors (Lipinski definition) is 1. The molecule has 0 aliphatic heterocycles. The van der Waals surface area contributed by atoms with Gasteiger partial charge in [0.1, 0.15) is 12.3 Å². The van der Waals surface area contributed by atoms with Crippen LogP contribution in [0.1, 0.15) is 11.1 Å². The number of rotatable bonds is 5. The molecule has 0 aliphatic rings. The van der Waals surface area contributed by atoms with E-state index in [4.69, 9.17) is 4.74 Å². The molecule has 5 nitrogen and oxygen atoms in total. The molecule has 0 saturated carbocycles. The van der Waals surface area contributed by atoms with E-state index in [1.165, 1.54) is 19.5 Å². The summed E-state index contributed by atoms with van der Waals surface area (Å²) in [5.74, 6) is -0.489. The van der Waals surface area contributed by atoms with Crippen molar-refractivity contribution in [3.63, 3.8) is 0 Å². The molecule has 140 valence electrons. The first-order chi connectivity index (χ1) is 12.8. The Morgan fingerprint density at radius 3 is 2.78 bits per heavy atom. The van der Waals surface area contributed by atoms with Crippen LogP contribution in [0.5, 0.6) is 5.75 Å². The van der Waals surface area contributed by atoms with Crippen LogP contribution >= 0.6 is 0 Å². The standard InChI is InChI=1S/C19H16F3N3O2/c1-3-12-5-4-6-16-18(12)25(11-23-16)10-17(26)24-14-7-13(19(20,21)22)8-15(9-14)27-2/h3-9,11H,1,10H2,2H3,(H,24,26). The SMILES string of the molecule is C=Cc1cccc2ncn(CC(=O)Nc3cc(OC)cc(C(F)(F)F)c3)c12. The normalized spacial score (nSPS) is 11.4. The van der Waals surface area contributed by atoms with Crippen LogP contribution in [0.3, 0.4) is 0 Å². The summed E-state index contributed by atoms with van der Waals surface area (Å²) in [6.07, 6.45) is -1.40. The second-order valence-electron chi connectivity index (χ2n) is 5.79. The topological polar surface area (TPSA) is 56.2 Å². The zero-order chi connectivity index (χ0) is 19.6. The van der Waals surface area contributed by atoms with E-state index < -0.39 is 17.6 Å². The molecule has 1 N–H and O–H groups in total. The zero-order valence-corrected chi connectivity index (χ0v) is 14.4. The predicted molar refractivity (Wildman–Crippen MR) is 96.4 cm³/mol. The zero-order valence-electron chi connectivity index (χ0n) is 14.4. The van der Waals surface area contributed by atoms with Crippen LogP contribution in [0.15, 0.2) is 49.3 Å². The number of nitrogens with zero attached hydrogens (tertiary/aromatic N) is 2. The van der Waals surface area contributed by atoms with Gasteiger partial charge in [0.05, 0.1) is 30.0 Å². The van der Waals surface area contributed by atoms with Gasteiger partial charge in [-0.25, -0.2) is 4.98 Å². The van der Waals surface area contributed by atoms with E-state index in [1.54, 1.807) is 16.7 Å². The first-order valence-corrected chi connectivity index (χ1v) is 7.94. The number of carbonyl (C=O) groups is 1.